The topological polar surface area (TPSA) is 64.3 Å². The van der Waals surface area contributed by atoms with Gasteiger partial charge in [0.25, 0.3) is 0 Å². The van der Waals surface area contributed by atoms with Crippen LogP contribution in [-0.4, -0.2) is 24.2 Å². The zero-order valence-corrected chi connectivity index (χ0v) is 12.0. The molecule has 0 saturated carbocycles. The van der Waals surface area contributed by atoms with Crippen molar-refractivity contribution in [3.8, 4) is 6.07 Å². The third-order valence-corrected chi connectivity index (χ3v) is 2.91. The second kappa shape index (κ2) is 8.00. The zero-order chi connectivity index (χ0) is 15.0. The Morgan fingerprint density at radius 2 is 1.80 bits per heavy atom. The average molecular weight is 272 g/mol. The maximum absolute atomic E-state index is 10.8. The standard InChI is InChI=1S/C16H20N2O2/c1-3-9-18(10-4-2)15-7-5-13(6-8-15)11-14(12-17)16(19)20/h5-8,11H,3-4,9-10H2,1-2H3,(H,19,20)/b14-11+. The largest absolute Gasteiger partial charge is 0.477 e. The molecule has 0 aliphatic rings. The summed E-state index contributed by atoms with van der Waals surface area (Å²) in [4.78, 5) is 13.1. The van der Waals surface area contributed by atoms with Crippen LogP contribution in [0.1, 0.15) is 32.3 Å². The molecule has 0 aliphatic heterocycles. The molecule has 0 unspecified atom stereocenters. The second-order valence-electron chi connectivity index (χ2n) is 4.55. The smallest absolute Gasteiger partial charge is 0.346 e. The number of aliphatic carboxylic acids is 1. The Kier molecular flexibility index (Phi) is 6.31. The van der Waals surface area contributed by atoms with Crippen LogP contribution in [0.15, 0.2) is 29.8 Å². The highest BCUT2D eigenvalue weighted by Gasteiger charge is 2.07. The number of hydrogen-bond acceptors (Lipinski definition) is 3. The van der Waals surface area contributed by atoms with E-state index in [0.717, 1.165) is 37.2 Å². The van der Waals surface area contributed by atoms with E-state index in [9.17, 15) is 4.79 Å². The van der Waals surface area contributed by atoms with Crippen LogP contribution in [0.5, 0.6) is 0 Å². The van der Waals surface area contributed by atoms with Gasteiger partial charge in [0.2, 0.25) is 0 Å². The van der Waals surface area contributed by atoms with E-state index in [-0.39, 0.29) is 5.57 Å². The molecule has 0 spiro atoms. The number of nitrogens with zero attached hydrogens (tertiary/aromatic N) is 2. The quantitative estimate of drug-likeness (QED) is 0.611. The number of carboxylic acid groups (broad SMARTS) is 1. The van der Waals surface area contributed by atoms with Crippen LogP contribution in [0.2, 0.25) is 0 Å². The molecule has 4 heteroatoms. The first-order valence-corrected chi connectivity index (χ1v) is 6.82. The lowest BCUT2D eigenvalue weighted by molar-refractivity contribution is -0.132. The molecule has 0 aromatic heterocycles. The average Bonchev–Trinajstić information content (AvgIpc) is 2.45. The first-order valence-electron chi connectivity index (χ1n) is 6.82. The van der Waals surface area contributed by atoms with E-state index in [4.69, 9.17) is 10.4 Å². The highest BCUT2D eigenvalue weighted by molar-refractivity contribution is 5.96. The molecule has 0 heterocycles. The van der Waals surface area contributed by atoms with E-state index in [1.54, 1.807) is 6.07 Å². The third kappa shape index (κ3) is 4.43. The lowest BCUT2D eigenvalue weighted by Crippen LogP contribution is -2.24. The van der Waals surface area contributed by atoms with Crippen LogP contribution >= 0.6 is 0 Å². The lowest BCUT2D eigenvalue weighted by atomic mass is 10.1. The molecule has 1 rings (SSSR count). The summed E-state index contributed by atoms with van der Waals surface area (Å²) in [5.41, 5.74) is 1.59. The van der Waals surface area contributed by atoms with Crippen molar-refractivity contribution in [2.24, 2.45) is 0 Å². The molecule has 0 saturated heterocycles. The lowest BCUT2D eigenvalue weighted by Gasteiger charge is -2.23. The summed E-state index contributed by atoms with van der Waals surface area (Å²) in [6, 6.07) is 9.29. The Balaban J connectivity index is 2.93. The van der Waals surface area contributed by atoms with E-state index in [2.05, 4.69) is 18.7 Å². The van der Waals surface area contributed by atoms with E-state index in [0.29, 0.717) is 0 Å². The first-order chi connectivity index (χ1) is 9.62. The molecule has 4 nitrogen and oxygen atoms in total. The summed E-state index contributed by atoms with van der Waals surface area (Å²) in [5.74, 6) is -1.20. The van der Waals surface area contributed by atoms with Gasteiger partial charge in [-0.05, 0) is 36.6 Å². The van der Waals surface area contributed by atoms with Gasteiger partial charge in [-0.1, -0.05) is 26.0 Å². The fourth-order valence-corrected chi connectivity index (χ4v) is 2.00. The predicted molar refractivity (Wildman–Crippen MR) is 80.5 cm³/mol. The Bertz CT molecular complexity index is 506. The van der Waals surface area contributed by atoms with Crippen LogP contribution in [0, 0.1) is 11.3 Å². The van der Waals surface area contributed by atoms with Crippen LogP contribution in [0.25, 0.3) is 6.08 Å². The normalized spacial score (nSPS) is 10.9. The molecule has 20 heavy (non-hydrogen) atoms. The molecule has 0 amide bonds. The monoisotopic (exact) mass is 272 g/mol. The Labute approximate surface area is 119 Å². The van der Waals surface area contributed by atoms with Crippen molar-refractivity contribution in [2.45, 2.75) is 26.7 Å². The Hall–Kier alpha value is -2.28. The number of carbonyl (C=O) groups is 1. The Morgan fingerprint density at radius 3 is 2.20 bits per heavy atom. The van der Waals surface area contributed by atoms with Gasteiger partial charge in [0.1, 0.15) is 11.6 Å². The van der Waals surface area contributed by atoms with Gasteiger partial charge in [-0.15, -0.1) is 0 Å². The summed E-state index contributed by atoms with van der Waals surface area (Å²) in [7, 11) is 0. The van der Waals surface area contributed by atoms with Gasteiger partial charge >= 0.3 is 5.97 Å². The van der Waals surface area contributed by atoms with Crippen LogP contribution < -0.4 is 4.90 Å². The van der Waals surface area contributed by atoms with Crippen LogP contribution in [0.4, 0.5) is 5.69 Å². The third-order valence-electron chi connectivity index (χ3n) is 2.91. The molecular weight excluding hydrogens is 252 g/mol. The Morgan fingerprint density at radius 1 is 1.25 bits per heavy atom. The van der Waals surface area contributed by atoms with E-state index in [1.807, 2.05) is 24.3 Å². The van der Waals surface area contributed by atoms with Crippen molar-refractivity contribution < 1.29 is 9.90 Å². The van der Waals surface area contributed by atoms with E-state index < -0.39 is 5.97 Å². The van der Waals surface area contributed by atoms with Gasteiger partial charge in [-0.2, -0.15) is 5.26 Å². The molecule has 0 bridgehead atoms. The highest BCUT2D eigenvalue weighted by atomic mass is 16.4. The number of nitriles is 1. The molecule has 0 aliphatic carbocycles. The molecule has 0 fully saturated rings. The number of anilines is 1. The molecular formula is C16H20N2O2. The molecule has 1 N–H and O–H groups in total. The van der Waals surface area contributed by atoms with Crippen molar-refractivity contribution in [3.63, 3.8) is 0 Å². The second-order valence-corrected chi connectivity index (χ2v) is 4.55. The number of rotatable bonds is 7. The molecule has 106 valence electrons. The molecule has 1 aromatic carbocycles. The van der Waals surface area contributed by atoms with Crippen molar-refractivity contribution in [1.82, 2.24) is 0 Å². The van der Waals surface area contributed by atoms with Gasteiger partial charge < -0.3 is 10.0 Å². The first kappa shape index (κ1) is 15.8. The maximum Gasteiger partial charge on any atom is 0.346 e. The number of benzene rings is 1. The summed E-state index contributed by atoms with van der Waals surface area (Å²) in [6.45, 7) is 6.29. The van der Waals surface area contributed by atoms with Crippen LogP contribution in [-0.2, 0) is 4.79 Å². The minimum absolute atomic E-state index is 0.253. The molecule has 1 aromatic rings. The number of carboxylic acids is 1. The minimum atomic E-state index is -1.20. The number of hydrogen-bond donors (Lipinski definition) is 1. The fourth-order valence-electron chi connectivity index (χ4n) is 2.00. The van der Waals surface area contributed by atoms with Gasteiger partial charge in [0.15, 0.2) is 0 Å². The van der Waals surface area contributed by atoms with Gasteiger partial charge in [0.05, 0.1) is 0 Å². The SMILES string of the molecule is CCCN(CCC)c1ccc(/C=C(\C#N)C(=O)O)cc1. The fraction of sp³-hybridized carbons (Fsp3) is 0.375. The molecule has 0 atom stereocenters. The van der Waals surface area contributed by atoms with E-state index in [1.165, 1.54) is 6.08 Å². The zero-order valence-electron chi connectivity index (χ0n) is 12.0. The highest BCUT2D eigenvalue weighted by Crippen LogP contribution is 2.17. The predicted octanol–water partition coefficient (Wildman–Crippen LogP) is 3.30. The van der Waals surface area contributed by atoms with Crippen molar-refractivity contribution in [2.75, 3.05) is 18.0 Å². The van der Waals surface area contributed by atoms with Gasteiger partial charge in [-0.3, -0.25) is 0 Å². The van der Waals surface area contributed by atoms with Gasteiger partial charge in [-0.25, -0.2) is 4.79 Å². The van der Waals surface area contributed by atoms with Crippen molar-refractivity contribution in [3.05, 3.63) is 35.4 Å². The maximum atomic E-state index is 10.8. The van der Waals surface area contributed by atoms with Gasteiger partial charge in [0, 0.05) is 18.8 Å². The summed E-state index contributed by atoms with van der Waals surface area (Å²) >= 11 is 0. The van der Waals surface area contributed by atoms with E-state index >= 15 is 0 Å². The van der Waals surface area contributed by atoms with Crippen LogP contribution in [0.3, 0.4) is 0 Å². The molecule has 0 radical (unpaired) electrons. The van der Waals surface area contributed by atoms with Crippen molar-refractivity contribution >= 4 is 17.7 Å². The minimum Gasteiger partial charge on any atom is -0.477 e. The summed E-state index contributed by atoms with van der Waals surface area (Å²) in [6.07, 6.45) is 3.55. The van der Waals surface area contributed by atoms with Crippen molar-refractivity contribution in [1.29, 1.82) is 5.26 Å². The summed E-state index contributed by atoms with van der Waals surface area (Å²) < 4.78 is 0. The summed E-state index contributed by atoms with van der Waals surface area (Å²) in [5, 5.41) is 17.6.